The number of methoxy groups -OCH3 is 1. The summed E-state index contributed by atoms with van der Waals surface area (Å²) in [7, 11) is -2.44. The number of thiazole rings is 1. The topological polar surface area (TPSA) is 68.3 Å². The van der Waals surface area contributed by atoms with E-state index in [0.29, 0.717) is 10.7 Å². The molecule has 0 saturated carbocycles. The number of ether oxygens (including phenoxy) is 1. The first kappa shape index (κ1) is 20.7. The first-order valence-corrected chi connectivity index (χ1v) is 11.8. The predicted molar refractivity (Wildman–Crippen MR) is 123 cm³/mol. The van der Waals surface area contributed by atoms with Gasteiger partial charge in [0, 0.05) is 16.3 Å². The van der Waals surface area contributed by atoms with Crippen LogP contribution in [0.5, 0.6) is 5.75 Å². The Morgan fingerprint density at radius 2 is 1.77 bits per heavy atom. The summed E-state index contributed by atoms with van der Waals surface area (Å²) in [6.45, 7) is 3.84. The first-order chi connectivity index (χ1) is 14.3. The van der Waals surface area contributed by atoms with E-state index in [-0.39, 0.29) is 10.6 Å². The van der Waals surface area contributed by atoms with Crippen molar-refractivity contribution in [2.24, 2.45) is 0 Å². The number of sulfonamides is 1. The van der Waals surface area contributed by atoms with Crippen molar-refractivity contribution < 1.29 is 13.2 Å². The van der Waals surface area contributed by atoms with Gasteiger partial charge in [-0.2, -0.15) is 0 Å². The largest absolute Gasteiger partial charge is 0.495 e. The van der Waals surface area contributed by atoms with Crippen LogP contribution in [0, 0.1) is 13.8 Å². The lowest BCUT2D eigenvalue weighted by atomic mass is 10.2. The van der Waals surface area contributed by atoms with Gasteiger partial charge in [0.1, 0.15) is 15.7 Å². The normalized spacial score (nSPS) is 11.6. The Balaban J connectivity index is 1.62. The number of hydrogen-bond acceptors (Lipinski definition) is 5. The fourth-order valence-electron chi connectivity index (χ4n) is 3.05. The zero-order valence-electron chi connectivity index (χ0n) is 16.6. The standard InChI is InChI=1S/C22H19ClN2O3S2/c1-13-4-9-18-20(10-13)29-22(24-18)15-5-7-16(8-6-15)25-30(26,27)21-12-17(23)14(2)11-19(21)28-3/h4-12,25H,1-3H3. The van der Waals surface area contributed by atoms with E-state index in [4.69, 9.17) is 16.3 Å². The fourth-order valence-corrected chi connectivity index (χ4v) is 5.59. The van der Waals surface area contributed by atoms with Gasteiger partial charge in [0.15, 0.2) is 0 Å². The zero-order valence-corrected chi connectivity index (χ0v) is 19.0. The Hall–Kier alpha value is -2.61. The van der Waals surface area contributed by atoms with Gasteiger partial charge in [0.05, 0.1) is 17.3 Å². The minimum absolute atomic E-state index is 0.00813. The smallest absolute Gasteiger partial charge is 0.265 e. The molecule has 154 valence electrons. The molecule has 0 aliphatic carbocycles. The Morgan fingerprint density at radius 3 is 2.47 bits per heavy atom. The second-order valence-corrected chi connectivity index (χ2v) is 10.0. The molecule has 0 atom stereocenters. The van der Waals surface area contributed by atoms with E-state index >= 15 is 0 Å². The summed E-state index contributed by atoms with van der Waals surface area (Å²) in [5.41, 5.74) is 4.24. The molecule has 1 heterocycles. The highest BCUT2D eigenvalue weighted by molar-refractivity contribution is 7.92. The SMILES string of the molecule is COc1cc(C)c(Cl)cc1S(=O)(=O)Nc1ccc(-c2nc3ccc(C)cc3s2)cc1. The van der Waals surface area contributed by atoms with Crippen LogP contribution in [0.1, 0.15) is 11.1 Å². The number of fused-ring (bicyclic) bond motifs is 1. The molecule has 1 aromatic heterocycles. The number of rotatable bonds is 5. The average Bonchev–Trinajstić information content (AvgIpc) is 3.13. The van der Waals surface area contributed by atoms with Crippen LogP contribution in [0.3, 0.4) is 0 Å². The van der Waals surface area contributed by atoms with E-state index in [0.717, 1.165) is 26.4 Å². The van der Waals surface area contributed by atoms with Crippen molar-refractivity contribution in [3.63, 3.8) is 0 Å². The summed E-state index contributed by atoms with van der Waals surface area (Å²) < 4.78 is 34.7. The Labute approximate surface area is 184 Å². The van der Waals surface area contributed by atoms with Gasteiger partial charge < -0.3 is 4.74 Å². The molecular weight excluding hydrogens is 440 g/mol. The molecule has 0 amide bonds. The minimum Gasteiger partial charge on any atom is -0.495 e. The monoisotopic (exact) mass is 458 g/mol. The second-order valence-electron chi connectivity index (χ2n) is 6.93. The number of benzene rings is 3. The van der Waals surface area contributed by atoms with Crippen LogP contribution in [-0.4, -0.2) is 20.5 Å². The zero-order chi connectivity index (χ0) is 21.5. The molecule has 3 aromatic carbocycles. The number of nitrogens with zero attached hydrogens (tertiary/aromatic N) is 1. The van der Waals surface area contributed by atoms with Gasteiger partial charge in [-0.25, -0.2) is 13.4 Å². The van der Waals surface area contributed by atoms with Gasteiger partial charge in [0.2, 0.25) is 0 Å². The lowest BCUT2D eigenvalue weighted by Crippen LogP contribution is -2.14. The van der Waals surface area contributed by atoms with E-state index in [1.165, 1.54) is 18.7 Å². The van der Waals surface area contributed by atoms with E-state index in [1.54, 1.807) is 36.5 Å². The van der Waals surface area contributed by atoms with Crippen LogP contribution in [0.4, 0.5) is 5.69 Å². The third-order valence-electron chi connectivity index (χ3n) is 4.66. The predicted octanol–water partition coefficient (Wildman–Crippen LogP) is 6.04. The van der Waals surface area contributed by atoms with Crippen molar-refractivity contribution in [2.75, 3.05) is 11.8 Å². The molecule has 1 N–H and O–H groups in total. The van der Waals surface area contributed by atoms with Crippen LogP contribution in [0.2, 0.25) is 5.02 Å². The lowest BCUT2D eigenvalue weighted by Gasteiger charge is -2.13. The number of nitrogens with one attached hydrogen (secondary N) is 1. The Bertz CT molecular complexity index is 1350. The molecule has 0 aliphatic rings. The van der Waals surface area contributed by atoms with E-state index in [9.17, 15) is 8.42 Å². The molecule has 0 radical (unpaired) electrons. The van der Waals surface area contributed by atoms with Gasteiger partial charge in [-0.3, -0.25) is 4.72 Å². The summed E-state index contributed by atoms with van der Waals surface area (Å²) in [4.78, 5) is 4.66. The van der Waals surface area contributed by atoms with Gasteiger partial charge in [-0.1, -0.05) is 17.7 Å². The lowest BCUT2D eigenvalue weighted by molar-refractivity contribution is 0.402. The van der Waals surface area contributed by atoms with Crippen molar-refractivity contribution in [1.29, 1.82) is 0 Å². The van der Waals surface area contributed by atoms with Crippen LogP contribution >= 0.6 is 22.9 Å². The van der Waals surface area contributed by atoms with Gasteiger partial charge in [-0.15, -0.1) is 11.3 Å². The number of aromatic nitrogens is 1. The number of halogens is 1. The highest BCUT2D eigenvalue weighted by atomic mass is 35.5. The Kier molecular flexibility index (Phi) is 5.44. The maximum absolute atomic E-state index is 12.9. The summed E-state index contributed by atoms with van der Waals surface area (Å²) in [6, 6.07) is 16.3. The summed E-state index contributed by atoms with van der Waals surface area (Å²) in [5, 5.41) is 1.24. The third-order valence-corrected chi connectivity index (χ3v) is 7.54. The highest BCUT2D eigenvalue weighted by Gasteiger charge is 2.21. The van der Waals surface area contributed by atoms with Crippen molar-refractivity contribution >= 4 is 48.9 Å². The number of anilines is 1. The molecule has 8 heteroatoms. The van der Waals surface area contributed by atoms with Crippen molar-refractivity contribution in [3.05, 3.63) is 70.7 Å². The molecule has 4 rings (SSSR count). The number of hydrogen-bond donors (Lipinski definition) is 1. The summed E-state index contributed by atoms with van der Waals surface area (Å²) in [5.74, 6) is 0.241. The molecule has 0 saturated heterocycles. The number of aryl methyl sites for hydroxylation is 2. The maximum atomic E-state index is 12.9. The molecule has 30 heavy (non-hydrogen) atoms. The van der Waals surface area contributed by atoms with Crippen LogP contribution < -0.4 is 9.46 Å². The van der Waals surface area contributed by atoms with Crippen LogP contribution in [0.25, 0.3) is 20.8 Å². The molecule has 5 nitrogen and oxygen atoms in total. The second kappa shape index (κ2) is 7.91. The molecule has 0 fully saturated rings. The average molecular weight is 459 g/mol. The van der Waals surface area contributed by atoms with Crippen LogP contribution in [-0.2, 0) is 10.0 Å². The van der Waals surface area contributed by atoms with E-state index in [2.05, 4.69) is 22.7 Å². The quantitative estimate of drug-likeness (QED) is 0.395. The molecule has 4 aromatic rings. The van der Waals surface area contributed by atoms with Crippen molar-refractivity contribution in [1.82, 2.24) is 4.98 Å². The minimum atomic E-state index is -3.87. The molecular formula is C22H19ClN2O3S2. The van der Waals surface area contributed by atoms with Crippen molar-refractivity contribution in [2.45, 2.75) is 18.7 Å². The molecule has 0 aliphatic heterocycles. The van der Waals surface area contributed by atoms with Crippen LogP contribution in [0.15, 0.2) is 59.5 Å². The molecule has 0 bridgehead atoms. The summed E-state index contributed by atoms with van der Waals surface area (Å²) in [6.07, 6.45) is 0. The highest BCUT2D eigenvalue weighted by Crippen LogP contribution is 2.33. The van der Waals surface area contributed by atoms with Gasteiger partial charge >= 0.3 is 0 Å². The van der Waals surface area contributed by atoms with Crippen molar-refractivity contribution in [3.8, 4) is 16.3 Å². The van der Waals surface area contributed by atoms with Gasteiger partial charge in [0.25, 0.3) is 10.0 Å². The van der Waals surface area contributed by atoms with E-state index in [1.807, 2.05) is 24.3 Å². The molecule has 0 unspecified atom stereocenters. The third kappa shape index (κ3) is 4.01. The van der Waals surface area contributed by atoms with Gasteiger partial charge in [-0.05, 0) is 73.5 Å². The summed E-state index contributed by atoms with van der Waals surface area (Å²) >= 11 is 7.74. The Morgan fingerprint density at radius 1 is 1.03 bits per heavy atom. The first-order valence-electron chi connectivity index (χ1n) is 9.11. The van der Waals surface area contributed by atoms with E-state index < -0.39 is 10.0 Å². The molecule has 0 spiro atoms. The fraction of sp³-hybridized carbons (Fsp3) is 0.136. The maximum Gasteiger partial charge on any atom is 0.265 e.